The number of nitrogens with zero attached hydrogens (tertiary/aromatic N) is 2. The first kappa shape index (κ1) is 14.3. The fraction of sp³-hybridized carbons (Fsp3) is 0.357. The van der Waals surface area contributed by atoms with Gasteiger partial charge < -0.3 is 4.98 Å². The second-order valence-electron chi connectivity index (χ2n) is 4.95. The molecule has 0 saturated heterocycles. The van der Waals surface area contributed by atoms with Crippen LogP contribution in [0.5, 0.6) is 0 Å². The maximum Gasteiger partial charge on any atom is 0.157 e. The third-order valence-electron chi connectivity index (χ3n) is 2.68. The first-order valence-corrected chi connectivity index (χ1v) is 7.40. The molecule has 0 fully saturated rings. The van der Waals surface area contributed by atoms with Crippen LogP contribution in [-0.2, 0) is 6.42 Å². The molecule has 0 radical (unpaired) electrons. The SMILES string of the molecule is Cc1cccc(-c2nc(=S)c(Br)c(CC(C)C)[nH]2)n1. The van der Waals surface area contributed by atoms with Crippen LogP contribution < -0.4 is 0 Å². The summed E-state index contributed by atoms with van der Waals surface area (Å²) in [5, 5.41) is 0. The zero-order chi connectivity index (χ0) is 14.0. The zero-order valence-corrected chi connectivity index (χ0v) is 13.6. The Morgan fingerprint density at radius 3 is 2.68 bits per heavy atom. The number of pyridine rings is 1. The Hall–Kier alpha value is -1.07. The molecule has 2 aromatic rings. The van der Waals surface area contributed by atoms with Crippen LogP contribution in [0.2, 0.25) is 0 Å². The van der Waals surface area contributed by atoms with Crippen LogP contribution >= 0.6 is 28.1 Å². The summed E-state index contributed by atoms with van der Waals surface area (Å²) in [6.45, 7) is 6.31. The van der Waals surface area contributed by atoms with Crippen molar-refractivity contribution in [3.8, 4) is 11.5 Å². The smallest absolute Gasteiger partial charge is 0.157 e. The van der Waals surface area contributed by atoms with E-state index in [-0.39, 0.29) is 0 Å². The van der Waals surface area contributed by atoms with E-state index in [4.69, 9.17) is 12.2 Å². The van der Waals surface area contributed by atoms with Gasteiger partial charge in [-0.15, -0.1) is 0 Å². The zero-order valence-electron chi connectivity index (χ0n) is 11.2. The lowest BCUT2D eigenvalue weighted by atomic mass is 10.1. The Morgan fingerprint density at radius 2 is 2.05 bits per heavy atom. The Labute approximate surface area is 126 Å². The third-order valence-corrected chi connectivity index (χ3v) is 4.09. The van der Waals surface area contributed by atoms with Gasteiger partial charge in [0.2, 0.25) is 0 Å². The van der Waals surface area contributed by atoms with Crippen LogP contribution in [0.1, 0.15) is 25.2 Å². The van der Waals surface area contributed by atoms with Gasteiger partial charge in [0, 0.05) is 11.4 Å². The Morgan fingerprint density at radius 1 is 1.32 bits per heavy atom. The van der Waals surface area contributed by atoms with Gasteiger partial charge in [0.15, 0.2) is 5.82 Å². The Kier molecular flexibility index (Phi) is 4.47. The average molecular weight is 338 g/mol. The number of aryl methyl sites for hydroxylation is 1. The minimum Gasteiger partial charge on any atom is -0.341 e. The molecule has 0 aliphatic rings. The molecule has 3 nitrogen and oxygen atoms in total. The number of halogens is 1. The number of H-pyrrole nitrogens is 1. The van der Waals surface area contributed by atoms with Crippen molar-refractivity contribution >= 4 is 28.1 Å². The molecule has 0 amide bonds. The van der Waals surface area contributed by atoms with Gasteiger partial charge in [-0.25, -0.2) is 9.97 Å². The van der Waals surface area contributed by atoms with E-state index in [1.807, 2.05) is 25.1 Å². The summed E-state index contributed by atoms with van der Waals surface area (Å²) in [4.78, 5) is 12.2. The van der Waals surface area contributed by atoms with E-state index < -0.39 is 0 Å². The number of nitrogens with one attached hydrogen (secondary N) is 1. The number of hydrogen-bond acceptors (Lipinski definition) is 3. The Bertz CT molecular complexity index is 649. The molecule has 19 heavy (non-hydrogen) atoms. The summed E-state index contributed by atoms with van der Waals surface area (Å²) >= 11 is 8.82. The van der Waals surface area contributed by atoms with Crippen LogP contribution in [0.25, 0.3) is 11.5 Å². The first-order valence-electron chi connectivity index (χ1n) is 6.20. The fourth-order valence-electron chi connectivity index (χ4n) is 1.85. The summed E-state index contributed by atoms with van der Waals surface area (Å²) in [7, 11) is 0. The predicted molar refractivity (Wildman–Crippen MR) is 83.6 cm³/mol. The lowest BCUT2D eigenvalue weighted by Gasteiger charge is -2.10. The molecule has 5 heteroatoms. The number of rotatable bonds is 3. The van der Waals surface area contributed by atoms with E-state index in [9.17, 15) is 0 Å². The highest BCUT2D eigenvalue weighted by Crippen LogP contribution is 2.22. The molecular formula is C14H16BrN3S. The van der Waals surface area contributed by atoms with Crippen molar-refractivity contribution in [2.45, 2.75) is 27.2 Å². The molecule has 0 aliphatic heterocycles. The molecule has 100 valence electrons. The highest BCUT2D eigenvalue weighted by Gasteiger charge is 2.10. The first-order chi connectivity index (χ1) is 8.97. The maximum absolute atomic E-state index is 5.31. The van der Waals surface area contributed by atoms with Crippen molar-refractivity contribution in [2.75, 3.05) is 0 Å². The van der Waals surface area contributed by atoms with Gasteiger partial charge >= 0.3 is 0 Å². The lowest BCUT2D eigenvalue weighted by Crippen LogP contribution is -2.03. The molecule has 0 spiro atoms. The van der Waals surface area contributed by atoms with Gasteiger partial charge in [0.1, 0.15) is 10.3 Å². The van der Waals surface area contributed by atoms with Crippen molar-refractivity contribution in [2.24, 2.45) is 5.92 Å². The topological polar surface area (TPSA) is 41.6 Å². The molecule has 0 aliphatic carbocycles. The normalized spacial score (nSPS) is 11.0. The van der Waals surface area contributed by atoms with E-state index in [0.717, 1.165) is 33.8 Å². The largest absolute Gasteiger partial charge is 0.341 e. The number of aromatic amines is 1. The minimum atomic E-state index is 0.544. The van der Waals surface area contributed by atoms with E-state index in [1.165, 1.54) is 0 Å². The number of aromatic nitrogens is 3. The molecule has 1 N–H and O–H groups in total. The maximum atomic E-state index is 5.31. The third kappa shape index (κ3) is 3.48. The molecule has 0 saturated carbocycles. The minimum absolute atomic E-state index is 0.544. The molecule has 0 bridgehead atoms. The second-order valence-corrected chi connectivity index (χ2v) is 6.12. The van der Waals surface area contributed by atoms with Crippen molar-refractivity contribution < 1.29 is 0 Å². The van der Waals surface area contributed by atoms with Gasteiger partial charge in [-0.3, -0.25) is 0 Å². The van der Waals surface area contributed by atoms with E-state index in [0.29, 0.717) is 10.6 Å². The second kappa shape index (κ2) is 5.92. The molecule has 2 heterocycles. The number of hydrogen-bond donors (Lipinski definition) is 1. The van der Waals surface area contributed by atoms with Crippen molar-refractivity contribution in [1.29, 1.82) is 0 Å². The average Bonchev–Trinajstić information content (AvgIpc) is 2.34. The molecule has 2 aromatic heterocycles. The molecule has 2 rings (SSSR count). The van der Waals surface area contributed by atoms with Crippen molar-refractivity contribution in [1.82, 2.24) is 15.0 Å². The predicted octanol–water partition coefficient (Wildman–Crippen LogP) is 4.47. The van der Waals surface area contributed by atoms with Crippen LogP contribution in [0.15, 0.2) is 22.7 Å². The molecular weight excluding hydrogens is 322 g/mol. The van der Waals surface area contributed by atoms with E-state index in [2.05, 4.69) is 44.7 Å². The van der Waals surface area contributed by atoms with Crippen molar-refractivity contribution in [3.05, 3.63) is 38.7 Å². The van der Waals surface area contributed by atoms with Crippen molar-refractivity contribution in [3.63, 3.8) is 0 Å². The van der Waals surface area contributed by atoms with E-state index in [1.54, 1.807) is 0 Å². The van der Waals surface area contributed by atoms with Crippen LogP contribution in [0, 0.1) is 17.5 Å². The quantitative estimate of drug-likeness (QED) is 0.840. The highest BCUT2D eigenvalue weighted by molar-refractivity contribution is 9.10. The van der Waals surface area contributed by atoms with Gasteiger partial charge in [-0.05, 0) is 47.3 Å². The summed E-state index contributed by atoms with van der Waals surface area (Å²) < 4.78 is 1.46. The highest BCUT2D eigenvalue weighted by atomic mass is 79.9. The Balaban J connectivity index is 2.53. The lowest BCUT2D eigenvalue weighted by molar-refractivity contribution is 0.632. The van der Waals surface area contributed by atoms with Gasteiger partial charge in [-0.2, -0.15) is 0 Å². The van der Waals surface area contributed by atoms with Gasteiger partial charge in [0.25, 0.3) is 0 Å². The van der Waals surface area contributed by atoms with E-state index >= 15 is 0 Å². The summed E-state index contributed by atoms with van der Waals surface area (Å²) in [5.74, 6) is 1.27. The van der Waals surface area contributed by atoms with Crippen LogP contribution in [-0.4, -0.2) is 15.0 Å². The molecule has 0 atom stereocenters. The summed E-state index contributed by atoms with van der Waals surface area (Å²) in [5.41, 5.74) is 2.86. The molecule has 0 aromatic carbocycles. The standard InChI is InChI=1S/C14H16BrN3S/c1-8(2)7-11-12(15)14(19)18-13(17-11)10-6-4-5-9(3)16-10/h4-6,8H,7H2,1-3H3,(H,17,18,19). The summed E-state index contributed by atoms with van der Waals surface area (Å²) in [6, 6.07) is 5.88. The van der Waals surface area contributed by atoms with Gasteiger partial charge in [0.05, 0.1) is 4.47 Å². The molecule has 0 unspecified atom stereocenters. The van der Waals surface area contributed by atoms with Crippen LogP contribution in [0.3, 0.4) is 0 Å². The summed E-state index contributed by atoms with van der Waals surface area (Å²) in [6.07, 6.45) is 0.922. The van der Waals surface area contributed by atoms with Gasteiger partial charge in [-0.1, -0.05) is 32.1 Å². The monoisotopic (exact) mass is 337 g/mol. The van der Waals surface area contributed by atoms with Crippen LogP contribution in [0.4, 0.5) is 0 Å². The fourth-order valence-corrected chi connectivity index (χ4v) is 2.41.